The molecule has 116 valence electrons. The molecule has 2 fully saturated rings. The van der Waals surface area contributed by atoms with E-state index < -0.39 is 18.0 Å². The van der Waals surface area contributed by atoms with E-state index in [-0.39, 0.29) is 18.8 Å². The third-order valence-electron chi connectivity index (χ3n) is 3.90. The summed E-state index contributed by atoms with van der Waals surface area (Å²) in [6.07, 6.45) is -1.93. The number of hydrogen-bond donors (Lipinski definition) is 2. The highest BCUT2D eigenvalue weighted by Crippen LogP contribution is 2.40. The Morgan fingerprint density at radius 2 is 2.14 bits per heavy atom. The topological polar surface area (TPSA) is 68.2 Å². The van der Waals surface area contributed by atoms with Crippen LogP contribution in [0.5, 0.6) is 0 Å². The summed E-state index contributed by atoms with van der Waals surface area (Å²) in [6, 6.07) is 5.03. The van der Waals surface area contributed by atoms with Gasteiger partial charge in [-0.15, -0.1) is 0 Å². The first-order chi connectivity index (χ1) is 9.91. The Morgan fingerprint density at radius 3 is 2.86 bits per heavy atom. The largest absolute Gasteiger partial charge is 0.392 e. The van der Waals surface area contributed by atoms with Crippen molar-refractivity contribution in [2.45, 2.75) is 50.7 Å². The van der Waals surface area contributed by atoms with Gasteiger partial charge in [0.05, 0.1) is 13.2 Å². The molecule has 0 aromatic heterocycles. The van der Waals surface area contributed by atoms with Crippen molar-refractivity contribution in [3.63, 3.8) is 0 Å². The van der Waals surface area contributed by atoms with Gasteiger partial charge >= 0.3 is 0 Å². The summed E-state index contributed by atoms with van der Waals surface area (Å²) >= 11 is 5.92. The van der Waals surface area contributed by atoms with E-state index in [0.717, 1.165) is 0 Å². The van der Waals surface area contributed by atoms with E-state index in [9.17, 15) is 10.2 Å². The summed E-state index contributed by atoms with van der Waals surface area (Å²) in [7, 11) is 0. The van der Waals surface area contributed by atoms with Crippen molar-refractivity contribution in [1.82, 2.24) is 0 Å². The molecule has 21 heavy (non-hydrogen) atoms. The Kier molecular flexibility index (Phi) is 3.98. The lowest BCUT2D eigenvalue weighted by Crippen LogP contribution is -2.34. The van der Waals surface area contributed by atoms with Crippen LogP contribution in [0.1, 0.15) is 31.1 Å². The maximum Gasteiger partial charge on any atom is 0.164 e. The summed E-state index contributed by atoms with van der Waals surface area (Å²) in [5.74, 6) is -0.670. The fourth-order valence-corrected chi connectivity index (χ4v) is 3.21. The van der Waals surface area contributed by atoms with Gasteiger partial charge in [-0.05, 0) is 37.1 Å². The minimum atomic E-state index is -0.906. The molecule has 4 unspecified atom stereocenters. The lowest BCUT2D eigenvalue weighted by Gasteiger charge is -2.26. The number of benzene rings is 1. The van der Waals surface area contributed by atoms with Crippen LogP contribution in [0.4, 0.5) is 0 Å². The highest BCUT2D eigenvalue weighted by Gasteiger charge is 2.52. The fraction of sp³-hybridized carbons (Fsp3) is 0.600. The summed E-state index contributed by atoms with van der Waals surface area (Å²) in [6.45, 7) is 3.88. The lowest BCUT2D eigenvalue weighted by molar-refractivity contribution is -0.184. The Hall–Kier alpha value is -0.690. The van der Waals surface area contributed by atoms with Crippen LogP contribution in [-0.2, 0) is 20.8 Å². The van der Waals surface area contributed by atoms with Crippen LogP contribution in [0.25, 0.3) is 0 Å². The standard InChI is InChI=1S/C15H19ClO5/c1-15(2)20-11-7-19-14(13(11)21-15)12(18)10-4-3-9(16)5-8(10)6-17/h3-5,11-14,17-18H,6-7H2,1-2H3. The van der Waals surface area contributed by atoms with Crippen molar-refractivity contribution < 1.29 is 24.4 Å². The van der Waals surface area contributed by atoms with E-state index in [1.54, 1.807) is 18.2 Å². The van der Waals surface area contributed by atoms with E-state index >= 15 is 0 Å². The molecule has 6 heteroatoms. The maximum absolute atomic E-state index is 10.6. The number of rotatable bonds is 3. The zero-order chi connectivity index (χ0) is 15.2. The lowest BCUT2D eigenvalue weighted by atomic mass is 9.95. The van der Waals surface area contributed by atoms with Crippen LogP contribution in [0.3, 0.4) is 0 Å². The molecule has 0 saturated carbocycles. The first-order valence-corrected chi connectivity index (χ1v) is 7.33. The van der Waals surface area contributed by atoms with Crippen LogP contribution >= 0.6 is 11.6 Å². The van der Waals surface area contributed by atoms with Crippen molar-refractivity contribution in [3.05, 3.63) is 34.3 Å². The average Bonchev–Trinajstić information content (AvgIpc) is 2.92. The first kappa shape index (κ1) is 15.2. The van der Waals surface area contributed by atoms with E-state index in [1.807, 2.05) is 13.8 Å². The summed E-state index contributed by atoms with van der Waals surface area (Å²) in [5, 5.41) is 20.6. The molecule has 0 amide bonds. The fourth-order valence-electron chi connectivity index (χ4n) is 3.02. The Balaban J connectivity index is 1.84. The molecule has 2 N–H and O–H groups in total. The molecule has 0 spiro atoms. The minimum Gasteiger partial charge on any atom is -0.392 e. The minimum absolute atomic E-state index is 0.176. The smallest absolute Gasteiger partial charge is 0.164 e. The van der Waals surface area contributed by atoms with Crippen molar-refractivity contribution in [1.29, 1.82) is 0 Å². The second kappa shape index (κ2) is 5.50. The van der Waals surface area contributed by atoms with Gasteiger partial charge in [0.15, 0.2) is 5.79 Å². The molecule has 3 rings (SSSR count). The molecule has 1 aromatic rings. The SMILES string of the molecule is CC1(C)OC2COC(C(O)c3ccc(Cl)cc3CO)C2O1. The third-order valence-corrected chi connectivity index (χ3v) is 4.14. The monoisotopic (exact) mass is 314 g/mol. The van der Waals surface area contributed by atoms with Gasteiger partial charge in [0.25, 0.3) is 0 Å². The first-order valence-electron chi connectivity index (χ1n) is 6.96. The molecule has 2 saturated heterocycles. The van der Waals surface area contributed by atoms with Crippen LogP contribution in [0.2, 0.25) is 5.02 Å². The van der Waals surface area contributed by atoms with Gasteiger partial charge < -0.3 is 24.4 Å². The van der Waals surface area contributed by atoms with Gasteiger partial charge in [-0.2, -0.15) is 0 Å². The Bertz CT molecular complexity index is 533. The summed E-state index contributed by atoms with van der Waals surface area (Å²) in [4.78, 5) is 0. The van der Waals surface area contributed by atoms with Crippen LogP contribution in [0.15, 0.2) is 18.2 Å². The van der Waals surface area contributed by atoms with Gasteiger partial charge in [0.1, 0.15) is 24.4 Å². The highest BCUT2D eigenvalue weighted by molar-refractivity contribution is 6.30. The van der Waals surface area contributed by atoms with Gasteiger partial charge in [0, 0.05) is 5.02 Å². The second-order valence-corrected chi connectivity index (χ2v) is 6.32. The molecule has 2 heterocycles. The Labute approximate surface area is 128 Å². The van der Waals surface area contributed by atoms with Crippen molar-refractivity contribution in [2.24, 2.45) is 0 Å². The zero-order valence-electron chi connectivity index (χ0n) is 12.0. The van der Waals surface area contributed by atoms with E-state index in [2.05, 4.69) is 0 Å². The van der Waals surface area contributed by atoms with Gasteiger partial charge in [-0.25, -0.2) is 0 Å². The number of ether oxygens (including phenoxy) is 3. The number of fused-ring (bicyclic) bond motifs is 1. The molecule has 4 atom stereocenters. The molecule has 0 radical (unpaired) electrons. The predicted molar refractivity (Wildman–Crippen MR) is 75.9 cm³/mol. The Morgan fingerprint density at radius 1 is 1.38 bits per heavy atom. The number of halogens is 1. The predicted octanol–water partition coefficient (Wildman–Crippen LogP) is 1.78. The summed E-state index contributed by atoms with van der Waals surface area (Å²) < 4.78 is 17.2. The zero-order valence-corrected chi connectivity index (χ0v) is 12.7. The molecule has 2 aliphatic heterocycles. The second-order valence-electron chi connectivity index (χ2n) is 5.88. The number of aliphatic hydroxyl groups is 2. The van der Waals surface area contributed by atoms with Crippen molar-refractivity contribution in [2.75, 3.05) is 6.61 Å². The maximum atomic E-state index is 10.6. The normalized spacial score (nSPS) is 32.1. The highest BCUT2D eigenvalue weighted by atomic mass is 35.5. The number of hydrogen-bond acceptors (Lipinski definition) is 5. The third kappa shape index (κ3) is 2.82. The van der Waals surface area contributed by atoms with Gasteiger partial charge in [-0.1, -0.05) is 17.7 Å². The van der Waals surface area contributed by atoms with Gasteiger partial charge in [-0.3, -0.25) is 0 Å². The quantitative estimate of drug-likeness (QED) is 0.890. The van der Waals surface area contributed by atoms with E-state index in [0.29, 0.717) is 22.8 Å². The summed E-state index contributed by atoms with van der Waals surface area (Å²) in [5.41, 5.74) is 1.18. The molecular weight excluding hydrogens is 296 g/mol. The van der Waals surface area contributed by atoms with Crippen LogP contribution in [-0.4, -0.2) is 40.9 Å². The number of aliphatic hydroxyl groups excluding tert-OH is 2. The molecule has 0 aliphatic carbocycles. The molecule has 1 aromatic carbocycles. The van der Waals surface area contributed by atoms with Crippen LogP contribution < -0.4 is 0 Å². The molecule has 2 aliphatic rings. The van der Waals surface area contributed by atoms with E-state index in [1.165, 1.54) is 0 Å². The average molecular weight is 315 g/mol. The van der Waals surface area contributed by atoms with Crippen LogP contribution in [0, 0.1) is 0 Å². The van der Waals surface area contributed by atoms with Crippen molar-refractivity contribution in [3.8, 4) is 0 Å². The van der Waals surface area contributed by atoms with Gasteiger partial charge in [0.2, 0.25) is 0 Å². The molecule has 0 bridgehead atoms. The molecular formula is C15H19ClO5. The van der Waals surface area contributed by atoms with E-state index in [4.69, 9.17) is 25.8 Å². The molecule has 5 nitrogen and oxygen atoms in total. The van der Waals surface area contributed by atoms with Crippen molar-refractivity contribution >= 4 is 11.6 Å².